The Bertz CT molecular complexity index is 468. The van der Waals surface area contributed by atoms with Gasteiger partial charge in [0, 0.05) is 0 Å². The summed E-state index contributed by atoms with van der Waals surface area (Å²) in [5, 5.41) is 8.10. The minimum absolute atomic E-state index is 0.178. The van der Waals surface area contributed by atoms with E-state index in [-0.39, 0.29) is 5.09 Å². The van der Waals surface area contributed by atoms with Crippen LogP contribution in [-0.2, 0) is 16.6 Å². The summed E-state index contributed by atoms with van der Waals surface area (Å²) in [6.45, 7) is 5.83. The van der Waals surface area contributed by atoms with E-state index in [9.17, 15) is 8.42 Å². The zero-order chi connectivity index (χ0) is 14.3. The molecule has 1 unspecified atom stereocenters. The van der Waals surface area contributed by atoms with Gasteiger partial charge in [-0.2, -0.15) is 0 Å². The quantitative estimate of drug-likeness (QED) is 0.729. The molecule has 0 radical (unpaired) electrons. The van der Waals surface area contributed by atoms with E-state index in [0.29, 0.717) is 18.2 Å². The number of unbranched alkanes of at least 4 members (excludes halogenated alkanes) is 1. The maximum atomic E-state index is 11.1. The molecule has 0 spiro atoms. The molecule has 1 heterocycles. The van der Waals surface area contributed by atoms with Crippen molar-refractivity contribution in [2.75, 3.05) is 6.54 Å². The third-order valence-electron chi connectivity index (χ3n) is 3.19. The average molecular weight is 288 g/mol. The van der Waals surface area contributed by atoms with Gasteiger partial charge in [0.1, 0.15) is 5.76 Å². The Morgan fingerprint density at radius 2 is 2.11 bits per heavy atom. The maximum absolute atomic E-state index is 11.1. The summed E-state index contributed by atoms with van der Waals surface area (Å²) in [6, 6.07) is 3.03. The molecule has 6 heteroatoms. The van der Waals surface area contributed by atoms with E-state index in [1.165, 1.54) is 25.3 Å². The third-order valence-corrected chi connectivity index (χ3v) is 3.97. The van der Waals surface area contributed by atoms with E-state index in [0.717, 1.165) is 13.0 Å². The highest BCUT2D eigenvalue weighted by Gasteiger charge is 2.13. The SMILES string of the molecule is CCCCC(CC)CNCc1ccc(S(N)(=O)=O)o1. The van der Waals surface area contributed by atoms with Crippen molar-refractivity contribution in [3.8, 4) is 0 Å². The van der Waals surface area contributed by atoms with E-state index in [2.05, 4.69) is 19.2 Å². The Hall–Kier alpha value is -0.850. The molecule has 0 fully saturated rings. The number of nitrogens with two attached hydrogens (primary N) is 1. The summed E-state index contributed by atoms with van der Waals surface area (Å²) in [4.78, 5) is 0. The highest BCUT2D eigenvalue weighted by molar-refractivity contribution is 7.89. The van der Waals surface area contributed by atoms with Crippen molar-refractivity contribution in [2.24, 2.45) is 11.1 Å². The van der Waals surface area contributed by atoms with Crippen molar-refractivity contribution >= 4 is 10.0 Å². The predicted molar refractivity (Wildman–Crippen MR) is 75.1 cm³/mol. The molecule has 0 bridgehead atoms. The average Bonchev–Trinajstić information content (AvgIpc) is 2.82. The minimum atomic E-state index is -3.73. The van der Waals surface area contributed by atoms with Crippen LogP contribution in [0.25, 0.3) is 0 Å². The molecule has 110 valence electrons. The molecule has 0 saturated carbocycles. The molecule has 0 aromatic carbocycles. The van der Waals surface area contributed by atoms with Crippen LogP contribution in [-0.4, -0.2) is 15.0 Å². The fourth-order valence-corrected chi connectivity index (χ4v) is 2.43. The van der Waals surface area contributed by atoms with Gasteiger partial charge in [-0.25, -0.2) is 13.6 Å². The topological polar surface area (TPSA) is 85.3 Å². The smallest absolute Gasteiger partial charge is 0.271 e. The van der Waals surface area contributed by atoms with Gasteiger partial charge in [0.2, 0.25) is 5.09 Å². The van der Waals surface area contributed by atoms with Crippen LogP contribution >= 0.6 is 0 Å². The van der Waals surface area contributed by atoms with Gasteiger partial charge in [0.25, 0.3) is 10.0 Å². The molecular weight excluding hydrogens is 264 g/mol. The monoisotopic (exact) mass is 288 g/mol. The summed E-state index contributed by atoms with van der Waals surface area (Å²) in [6.07, 6.45) is 4.83. The molecule has 1 rings (SSSR count). The van der Waals surface area contributed by atoms with Crippen LogP contribution in [0.15, 0.2) is 21.6 Å². The highest BCUT2D eigenvalue weighted by Crippen LogP contribution is 2.14. The number of furan rings is 1. The van der Waals surface area contributed by atoms with E-state index in [1.807, 2.05) is 0 Å². The molecule has 0 aliphatic carbocycles. The first-order chi connectivity index (χ1) is 8.97. The fraction of sp³-hybridized carbons (Fsp3) is 0.692. The molecule has 5 nitrogen and oxygen atoms in total. The number of rotatable bonds is 9. The summed E-state index contributed by atoms with van der Waals surface area (Å²) in [5.41, 5.74) is 0. The molecule has 0 amide bonds. The van der Waals surface area contributed by atoms with Gasteiger partial charge in [0.05, 0.1) is 6.54 Å². The van der Waals surface area contributed by atoms with Crippen LogP contribution in [0, 0.1) is 5.92 Å². The van der Waals surface area contributed by atoms with Crippen LogP contribution in [0.5, 0.6) is 0 Å². The van der Waals surface area contributed by atoms with Crippen molar-refractivity contribution in [1.82, 2.24) is 5.32 Å². The van der Waals surface area contributed by atoms with E-state index in [4.69, 9.17) is 9.56 Å². The molecule has 1 aromatic rings. The molecule has 1 aromatic heterocycles. The summed E-state index contributed by atoms with van der Waals surface area (Å²) >= 11 is 0. The Morgan fingerprint density at radius 1 is 1.37 bits per heavy atom. The summed E-state index contributed by atoms with van der Waals surface area (Å²) < 4.78 is 27.3. The van der Waals surface area contributed by atoms with Crippen LogP contribution < -0.4 is 10.5 Å². The second-order valence-electron chi connectivity index (χ2n) is 4.81. The first kappa shape index (κ1) is 16.2. The zero-order valence-corrected chi connectivity index (χ0v) is 12.5. The third kappa shape index (κ3) is 5.76. The largest absolute Gasteiger partial charge is 0.447 e. The van der Waals surface area contributed by atoms with Crippen molar-refractivity contribution in [3.05, 3.63) is 17.9 Å². The Kier molecular flexibility index (Phi) is 6.54. The Balaban J connectivity index is 2.38. The van der Waals surface area contributed by atoms with Crippen LogP contribution in [0.4, 0.5) is 0 Å². The van der Waals surface area contributed by atoms with Gasteiger partial charge >= 0.3 is 0 Å². The minimum Gasteiger partial charge on any atom is -0.447 e. The van der Waals surface area contributed by atoms with E-state index >= 15 is 0 Å². The predicted octanol–water partition coefficient (Wildman–Crippen LogP) is 2.23. The number of sulfonamides is 1. The lowest BCUT2D eigenvalue weighted by molar-refractivity contribution is 0.377. The lowest BCUT2D eigenvalue weighted by atomic mass is 9.99. The van der Waals surface area contributed by atoms with E-state index < -0.39 is 10.0 Å². The van der Waals surface area contributed by atoms with Crippen molar-refractivity contribution in [2.45, 2.75) is 51.2 Å². The standard InChI is InChI=1S/C13H24N2O3S/c1-3-5-6-11(4-2)9-15-10-12-7-8-13(18-12)19(14,16)17/h7-8,11,15H,3-6,9-10H2,1-2H3,(H2,14,16,17). The zero-order valence-electron chi connectivity index (χ0n) is 11.7. The van der Waals surface area contributed by atoms with Crippen molar-refractivity contribution < 1.29 is 12.8 Å². The normalized spacial score (nSPS) is 13.6. The summed E-state index contributed by atoms with van der Waals surface area (Å²) in [7, 11) is -3.73. The summed E-state index contributed by atoms with van der Waals surface area (Å²) in [5.74, 6) is 1.25. The molecule has 3 N–H and O–H groups in total. The van der Waals surface area contributed by atoms with Gasteiger partial charge in [-0.3, -0.25) is 0 Å². The van der Waals surface area contributed by atoms with Gasteiger partial charge in [-0.15, -0.1) is 0 Å². The molecule has 0 saturated heterocycles. The van der Waals surface area contributed by atoms with Crippen molar-refractivity contribution in [1.29, 1.82) is 0 Å². The lowest BCUT2D eigenvalue weighted by Gasteiger charge is -2.14. The van der Waals surface area contributed by atoms with Crippen LogP contribution in [0.1, 0.15) is 45.3 Å². The van der Waals surface area contributed by atoms with Crippen LogP contribution in [0.2, 0.25) is 0 Å². The number of hydrogen-bond donors (Lipinski definition) is 2. The Labute approximate surface area is 115 Å². The second kappa shape index (κ2) is 7.67. The second-order valence-corrected chi connectivity index (χ2v) is 6.31. The van der Waals surface area contributed by atoms with Crippen LogP contribution in [0.3, 0.4) is 0 Å². The van der Waals surface area contributed by atoms with Gasteiger partial charge in [-0.1, -0.05) is 33.1 Å². The van der Waals surface area contributed by atoms with Crippen molar-refractivity contribution in [3.63, 3.8) is 0 Å². The first-order valence-corrected chi connectivity index (χ1v) is 8.34. The Morgan fingerprint density at radius 3 is 2.63 bits per heavy atom. The van der Waals surface area contributed by atoms with E-state index in [1.54, 1.807) is 6.07 Å². The molecular formula is C13H24N2O3S. The number of hydrogen-bond acceptors (Lipinski definition) is 4. The fourth-order valence-electron chi connectivity index (χ4n) is 1.95. The molecule has 1 atom stereocenters. The molecule has 0 aliphatic heterocycles. The van der Waals surface area contributed by atoms with Gasteiger partial charge < -0.3 is 9.73 Å². The highest BCUT2D eigenvalue weighted by atomic mass is 32.2. The lowest BCUT2D eigenvalue weighted by Crippen LogP contribution is -2.22. The number of nitrogens with one attached hydrogen (secondary N) is 1. The molecule has 0 aliphatic rings. The van der Waals surface area contributed by atoms with Gasteiger partial charge in [0.15, 0.2) is 0 Å². The molecule has 19 heavy (non-hydrogen) atoms. The maximum Gasteiger partial charge on any atom is 0.271 e. The van der Waals surface area contributed by atoms with Gasteiger partial charge in [-0.05, 0) is 31.0 Å². The first-order valence-electron chi connectivity index (χ1n) is 6.79. The number of primary sulfonamides is 1.